The van der Waals surface area contributed by atoms with Crippen LogP contribution in [-0.2, 0) is 5.41 Å². The predicted molar refractivity (Wildman–Crippen MR) is 338 cm³/mol. The van der Waals surface area contributed by atoms with Crippen LogP contribution >= 0.6 is 0 Å². The molecule has 3 heteroatoms. The SMILES string of the molecule is C=C(/C=C\C(=C/C)N(c1ccc(-c2ccccc2)cc1)c1cc(C)c(C)c(C)c1C)C1(c2ccc(N(c3ccc(-c4ccccc4)cc3)c3cc(C)c(C)c(C)c3C)cc2)c2ccccc2N(c2ccccc2)c2ccccc21. The van der Waals surface area contributed by atoms with Crippen molar-refractivity contribution in [2.45, 2.75) is 67.7 Å². The first-order chi connectivity index (χ1) is 38.4. The summed E-state index contributed by atoms with van der Waals surface area (Å²) >= 11 is 0. The predicted octanol–water partition coefficient (Wildman–Crippen LogP) is 20.9. The van der Waals surface area contributed by atoms with Crippen LogP contribution < -0.4 is 14.7 Å². The van der Waals surface area contributed by atoms with Crippen molar-refractivity contribution in [2.24, 2.45) is 0 Å². The third-order valence-electron chi connectivity index (χ3n) is 17.0. The number of nitrogens with zero attached hydrogens (tertiary/aromatic N) is 3. The van der Waals surface area contributed by atoms with E-state index in [1.807, 2.05) is 0 Å². The Morgan fingerprint density at radius 1 is 0.405 bits per heavy atom. The first kappa shape index (κ1) is 51.9. The Kier molecular flexibility index (Phi) is 14.2. The van der Waals surface area contributed by atoms with Crippen LogP contribution in [0.1, 0.15) is 68.1 Å². The van der Waals surface area contributed by atoms with Crippen LogP contribution in [0.25, 0.3) is 22.3 Å². The molecule has 0 spiro atoms. The van der Waals surface area contributed by atoms with Crippen molar-refractivity contribution in [3.63, 3.8) is 0 Å². The second kappa shape index (κ2) is 21.7. The first-order valence-electron chi connectivity index (χ1n) is 27.6. The number of para-hydroxylation sites is 3. The maximum Gasteiger partial charge on any atom is 0.0736 e. The van der Waals surface area contributed by atoms with Crippen molar-refractivity contribution in [1.29, 1.82) is 0 Å². The van der Waals surface area contributed by atoms with E-state index in [0.717, 1.165) is 67.8 Å². The van der Waals surface area contributed by atoms with E-state index < -0.39 is 5.41 Å². The van der Waals surface area contributed by atoms with Crippen LogP contribution in [-0.4, -0.2) is 0 Å². The molecule has 1 aliphatic heterocycles. The van der Waals surface area contributed by atoms with Gasteiger partial charge < -0.3 is 14.7 Å². The summed E-state index contributed by atoms with van der Waals surface area (Å²) in [5, 5.41) is 0. The largest absolute Gasteiger partial charge is 0.311 e. The highest BCUT2D eigenvalue weighted by atomic mass is 15.2. The van der Waals surface area contributed by atoms with Gasteiger partial charge in [0.2, 0.25) is 0 Å². The number of aryl methyl sites for hydroxylation is 2. The van der Waals surface area contributed by atoms with Crippen molar-refractivity contribution in [3.05, 3.63) is 322 Å². The topological polar surface area (TPSA) is 9.72 Å². The molecule has 0 unspecified atom stereocenters. The zero-order valence-electron chi connectivity index (χ0n) is 47.1. The highest BCUT2D eigenvalue weighted by Gasteiger charge is 2.46. The fourth-order valence-corrected chi connectivity index (χ4v) is 12.0. The Balaban J connectivity index is 1.09. The Hall–Kier alpha value is -9.18. The molecular weight excluding hydrogens is 955 g/mol. The van der Waals surface area contributed by atoms with Crippen molar-refractivity contribution in [3.8, 4) is 22.3 Å². The second-order valence-corrected chi connectivity index (χ2v) is 21.2. The number of hydrogen-bond donors (Lipinski definition) is 0. The zero-order valence-corrected chi connectivity index (χ0v) is 47.1. The zero-order chi connectivity index (χ0) is 55.0. The third kappa shape index (κ3) is 9.29. The van der Waals surface area contributed by atoms with Crippen LogP contribution in [0, 0.1) is 55.4 Å². The fourth-order valence-electron chi connectivity index (χ4n) is 12.0. The van der Waals surface area contributed by atoms with Crippen LogP contribution in [0.15, 0.2) is 261 Å². The van der Waals surface area contributed by atoms with E-state index in [1.165, 1.54) is 72.4 Å². The van der Waals surface area contributed by atoms with E-state index in [9.17, 15) is 0 Å². The van der Waals surface area contributed by atoms with Gasteiger partial charge in [-0.15, -0.1) is 0 Å². The lowest BCUT2D eigenvalue weighted by Crippen LogP contribution is -2.37. The molecule has 388 valence electrons. The lowest BCUT2D eigenvalue weighted by Gasteiger charge is -2.46. The van der Waals surface area contributed by atoms with E-state index >= 15 is 0 Å². The molecule has 3 nitrogen and oxygen atoms in total. The summed E-state index contributed by atoms with van der Waals surface area (Å²) in [6, 6.07) is 82.0. The number of rotatable bonds is 13. The van der Waals surface area contributed by atoms with E-state index in [1.54, 1.807) is 0 Å². The van der Waals surface area contributed by atoms with E-state index in [0.29, 0.717) is 0 Å². The highest BCUT2D eigenvalue weighted by molar-refractivity contribution is 5.90. The molecule has 0 amide bonds. The van der Waals surface area contributed by atoms with Gasteiger partial charge in [-0.3, -0.25) is 0 Å². The molecule has 79 heavy (non-hydrogen) atoms. The second-order valence-electron chi connectivity index (χ2n) is 21.2. The Morgan fingerprint density at radius 3 is 1.30 bits per heavy atom. The monoisotopic (exact) mass is 1020 g/mol. The van der Waals surface area contributed by atoms with E-state index in [4.69, 9.17) is 6.58 Å². The van der Waals surface area contributed by atoms with Gasteiger partial charge in [0.05, 0.1) is 16.8 Å². The number of allylic oxidation sites excluding steroid dienone is 4. The molecule has 11 rings (SSSR count). The molecule has 0 saturated heterocycles. The molecule has 1 aliphatic rings. The third-order valence-corrected chi connectivity index (χ3v) is 17.0. The Morgan fingerprint density at radius 2 is 0.810 bits per heavy atom. The molecular formula is C76H69N3. The molecule has 0 N–H and O–H groups in total. The lowest BCUT2D eigenvalue weighted by molar-refractivity contribution is 0.732. The van der Waals surface area contributed by atoms with Gasteiger partial charge in [-0.25, -0.2) is 0 Å². The normalized spacial score (nSPS) is 12.8. The van der Waals surface area contributed by atoms with Gasteiger partial charge in [0.1, 0.15) is 0 Å². The maximum absolute atomic E-state index is 5.20. The maximum atomic E-state index is 5.20. The molecule has 0 fully saturated rings. The van der Waals surface area contributed by atoms with Gasteiger partial charge in [0.25, 0.3) is 0 Å². The quantitative estimate of drug-likeness (QED) is 0.107. The minimum absolute atomic E-state index is 0.823. The molecule has 10 aromatic rings. The van der Waals surface area contributed by atoms with Crippen molar-refractivity contribution < 1.29 is 0 Å². The summed E-state index contributed by atoms with van der Waals surface area (Å²) in [6.07, 6.45) is 6.80. The summed E-state index contributed by atoms with van der Waals surface area (Å²) < 4.78 is 0. The van der Waals surface area contributed by atoms with E-state index in [2.05, 4.69) is 320 Å². The smallest absolute Gasteiger partial charge is 0.0736 e. The molecule has 0 aliphatic carbocycles. The van der Waals surface area contributed by atoms with Crippen molar-refractivity contribution in [1.82, 2.24) is 0 Å². The Labute approximate surface area is 469 Å². The number of fused-ring (bicyclic) bond motifs is 2. The van der Waals surface area contributed by atoms with Crippen LogP contribution in [0.2, 0.25) is 0 Å². The molecule has 0 aromatic heterocycles. The minimum atomic E-state index is -0.823. The van der Waals surface area contributed by atoms with Crippen molar-refractivity contribution in [2.75, 3.05) is 14.7 Å². The van der Waals surface area contributed by atoms with Gasteiger partial charge in [-0.05, 0) is 230 Å². The molecule has 0 saturated carbocycles. The van der Waals surface area contributed by atoms with Crippen molar-refractivity contribution >= 4 is 45.5 Å². The van der Waals surface area contributed by atoms with Gasteiger partial charge in [0, 0.05) is 39.8 Å². The Bertz CT molecular complexity index is 3880. The van der Waals surface area contributed by atoms with Gasteiger partial charge >= 0.3 is 0 Å². The molecule has 0 radical (unpaired) electrons. The molecule has 10 aromatic carbocycles. The summed E-state index contributed by atoms with van der Waals surface area (Å²) in [7, 11) is 0. The molecule has 0 bridgehead atoms. The summed E-state index contributed by atoms with van der Waals surface area (Å²) in [5.74, 6) is 0. The standard InChI is InChI=1S/C76H69N3/c1-11-65(77(74-49-51(2)54(5)56(7)58(74)9)67-43-36-62(37-44-67)60-25-15-12-16-26-60)42-35-53(4)76(70-31-21-23-33-72(70)79(66-29-19-14-20-30-66)73-34-24-22-32-71(73)76)64-40-47-69(48-41-64)78(75-50-52(3)55(6)57(8)59(75)10)68-45-38-63(39-46-68)61-27-17-13-18-28-61/h11-50H,4H2,1-3,5-10H3/b42-35-,65-11+. The van der Waals surface area contributed by atoms with E-state index in [-0.39, 0.29) is 0 Å². The average Bonchev–Trinajstić information content (AvgIpc) is 3.23. The summed E-state index contributed by atoms with van der Waals surface area (Å²) in [4.78, 5) is 7.28. The van der Waals surface area contributed by atoms with Crippen LogP contribution in [0.5, 0.6) is 0 Å². The number of anilines is 8. The highest BCUT2D eigenvalue weighted by Crippen LogP contribution is 2.58. The van der Waals surface area contributed by atoms with Crippen LogP contribution in [0.3, 0.4) is 0 Å². The minimum Gasteiger partial charge on any atom is -0.311 e. The van der Waals surface area contributed by atoms with Gasteiger partial charge in [-0.2, -0.15) is 0 Å². The average molecular weight is 1020 g/mol. The van der Waals surface area contributed by atoms with Crippen LogP contribution in [0.4, 0.5) is 45.5 Å². The van der Waals surface area contributed by atoms with Gasteiger partial charge in [0.15, 0.2) is 0 Å². The summed E-state index contributed by atoms with van der Waals surface area (Å²) in [6.45, 7) is 25.3. The summed E-state index contributed by atoms with van der Waals surface area (Å²) in [5.41, 5.74) is 28.6. The molecule has 0 atom stereocenters. The first-order valence-corrected chi connectivity index (χ1v) is 27.6. The number of hydrogen-bond acceptors (Lipinski definition) is 3. The number of benzene rings is 10. The van der Waals surface area contributed by atoms with Gasteiger partial charge in [-0.1, -0.05) is 170 Å². The fraction of sp³-hybridized carbons (Fsp3) is 0.132. The lowest BCUT2D eigenvalue weighted by atomic mass is 9.62. The molecule has 1 heterocycles.